The van der Waals surface area contributed by atoms with E-state index in [9.17, 15) is 0 Å². The third-order valence-electron chi connectivity index (χ3n) is 5.04. The molecule has 5 unspecified atom stereocenters. The van der Waals surface area contributed by atoms with Gasteiger partial charge in [-0.15, -0.1) is 0 Å². The van der Waals surface area contributed by atoms with Crippen molar-refractivity contribution in [1.82, 2.24) is 0 Å². The molecule has 5 atom stereocenters. The Kier molecular flexibility index (Phi) is 5.15. The van der Waals surface area contributed by atoms with Gasteiger partial charge in [0.15, 0.2) is 0 Å². The van der Waals surface area contributed by atoms with E-state index in [1.54, 1.807) is 0 Å². The van der Waals surface area contributed by atoms with Crippen LogP contribution in [0.5, 0.6) is 0 Å². The maximum Gasteiger partial charge on any atom is -0.0380 e. The van der Waals surface area contributed by atoms with Gasteiger partial charge in [0.05, 0.1) is 0 Å². The highest BCUT2D eigenvalue weighted by atomic mass is 14.4. The Morgan fingerprint density at radius 2 is 1.73 bits per heavy atom. The van der Waals surface area contributed by atoms with Crippen molar-refractivity contribution in [2.24, 2.45) is 29.6 Å². The van der Waals surface area contributed by atoms with Gasteiger partial charge >= 0.3 is 0 Å². The Balaban J connectivity index is 2.25. The fourth-order valence-corrected chi connectivity index (χ4v) is 3.18. The first-order valence-electron chi connectivity index (χ1n) is 7.10. The Morgan fingerprint density at radius 1 is 1.07 bits per heavy atom. The van der Waals surface area contributed by atoms with Crippen LogP contribution >= 0.6 is 0 Å². The topological polar surface area (TPSA) is 0 Å². The van der Waals surface area contributed by atoms with Crippen molar-refractivity contribution in [1.29, 1.82) is 0 Å². The molecule has 0 aromatic heterocycles. The zero-order chi connectivity index (χ0) is 11.4. The molecule has 0 heterocycles. The van der Waals surface area contributed by atoms with Gasteiger partial charge in [-0.25, -0.2) is 0 Å². The summed E-state index contributed by atoms with van der Waals surface area (Å²) < 4.78 is 0. The van der Waals surface area contributed by atoms with E-state index in [0.717, 1.165) is 29.6 Å². The first kappa shape index (κ1) is 13.1. The largest absolute Gasteiger partial charge is 0.0654 e. The Labute approximate surface area is 96.8 Å². The highest BCUT2D eigenvalue weighted by Gasteiger charge is 2.37. The first-order chi connectivity index (χ1) is 7.10. The molecule has 0 bridgehead atoms. The summed E-state index contributed by atoms with van der Waals surface area (Å²) in [6, 6.07) is 0. The van der Waals surface area contributed by atoms with Crippen LogP contribution in [-0.4, -0.2) is 0 Å². The van der Waals surface area contributed by atoms with Crippen molar-refractivity contribution in [3.8, 4) is 0 Å². The minimum Gasteiger partial charge on any atom is -0.0654 e. The molecule has 1 fully saturated rings. The molecule has 0 heteroatoms. The maximum absolute atomic E-state index is 2.48. The van der Waals surface area contributed by atoms with Crippen LogP contribution < -0.4 is 0 Å². The van der Waals surface area contributed by atoms with E-state index < -0.39 is 0 Å². The van der Waals surface area contributed by atoms with Crippen molar-refractivity contribution in [3.63, 3.8) is 0 Å². The molecule has 1 aliphatic rings. The van der Waals surface area contributed by atoms with Gasteiger partial charge in [-0.05, 0) is 42.4 Å². The summed E-state index contributed by atoms with van der Waals surface area (Å²) in [5.41, 5.74) is 0. The molecule has 0 nitrogen and oxygen atoms in total. The van der Waals surface area contributed by atoms with E-state index in [1.165, 1.54) is 32.1 Å². The standard InChI is InChI=1S/C15H30/c1-6-8-14-10-15(13(14)5)9-12(4)11(3)7-2/h11-15H,6-10H2,1-5H3. The Hall–Kier alpha value is 0. The lowest BCUT2D eigenvalue weighted by atomic mass is 9.61. The van der Waals surface area contributed by atoms with Gasteiger partial charge in [0.1, 0.15) is 0 Å². The molecule has 0 amide bonds. The van der Waals surface area contributed by atoms with Crippen LogP contribution in [0.4, 0.5) is 0 Å². The predicted octanol–water partition coefficient (Wildman–Crippen LogP) is 5.13. The van der Waals surface area contributed by atoms with Crippen LogP contribution in [0.25, 0.3) is 0 Å². The second-order valence-corrected chi connectivity index (χ2v) is 6.00. The van der Waals surface area contributed by atoms with E-state index >= 15 is 0 Å². The quantitative estimate of drug-likeness (QED) is 0.570. The summed E-state index contributed by atoms with van der Waals surface area (Å²) in [4.78, 5) is 0. The summed E-state index contributed by atoms with van der Waals surface area (Å²) in [6.45, 7) is 12.0. The van der Waals surface area contributed by atoms with E-state index in [1.807, 2.05) is 0 Å². The molecule has 0 aromatic rings. The average molecular weight is 210 g/mol. The van der Waals surface area contributed by atoms with E-state index in [2.05, 4.69) is 34.6 Å². The second kappa shape index (κ2) is 5.92. The van der Waals surface area contributed by atoms with Crippen LogP contribution in [0.2, 0.25) is 0 Å². The molecule has 0 aliphatic heterocycles. The minimum atomic E-state index is 0.919. The van der Waals surface area contributed by atoms with E-state index in [0.29, 0.717) is 0 Å². The third kappa shape index (κ3) is 3.23. The van der Waals surface area contributed by atoms with Crippen molar-refractivity contribution in [3.05, 3.63) is 0 Å². The van der Waals surface area contributed by atoms with Crippen molar-refractivity contribution < 1.29 is 0 Å². The number of hydrogen-bond acceptors (Lipinski definition) is 0. The summed E-state index contributed by atoms with van der Waals surface area (Å²) in [6.07, 6.45) is 7.20. The predicted molar refractivity (Wildman–Crippen MR) is 68.9 cm³/mol. The molecule has 0 saturated heterocycles. The van der Waals surface area contributed by atoms with Gasteiger partial charge in [-0.1, -0.05) is 53.9 Å². The van der Waals surface area contributed by atoms with Gasteiger partial charge in [0.25, 0.3) is 0 Å². The highest BCUT2D eigenvalue weighted by Crippen LogP contribution is 2.46. The van der Waals surface area contributed by atoms with Crippen LogP contribution in [0.3, 0.4) is 0 Å². The van der Waals surface area contributed by atoms with Gasteiger partial charge in [0, 0.05) is 0 Å². The number of rotatable bonds is 6. The summed E-state index contributed by atoms with van der Waals surface area (Å²) in [5, 5.41) is 0. The molecule has 1 rings (SSSR count). The number of hydrogen-bond donors (Lipinski definition) is 0. The van der Waals surface area contributed by atoms with Crippen LogP contribution in [0.15, 0.2) is 0 Å². The Morgan fingerprint density at radius 3 is 2.20 bits per heavy atom. The SMILES string of the molecule is CCCC1CC(CC(C)C(C)CC)C1C. The molecule has 1 aliphatic carbocycles. The van der Waals surface area contributed by atoms with Crippen molar-refractivity contribution >= 4 is 0 Å². The normalized spacial score (nSPS) is 34.6. The van der Waals surface area contributed by atoms with Gasteiger partial charge in [-0.3, -0.25) is 0 Å². The lowest BCUT2D eigenvalue weighted by Crippen LogP contribution is -2.36. The molecule has 90 valence electrons. The summed E-state index contributed by atoms with van der Waals surface area (Å²) in [7, 11) is 0. The molecule has 0 spiro atoms. The molecule has 1 saturated carbocycles. The summed E-state index contributed by atoms with van der Waals surface area (Å²) in [5.74, 6) is 4.97. The van der Waals surface area contributed by atoms with Crippen LogP contribution in [0.1, 0.15) is 66.7 Å². The van der Waals surface area contributed by atoms with Crippen molar-refractivity contribution in [2.75, 3.05) is 0 Å². The van der Waals surface area contributed by atoms with E-state index in [4.69, 9.17) is 0 Å². The Bertz CT molecular complexity index is 173. The molecule has 0 N–H and O–H groups in total. The monoisotopic (exact) mass is 210 g/mol. The third-order valence-corrected chi connectivity index (χ3v) is 5.04. The lowest BCUT2D eigenvalue weighted by Gasteiger charge is -2.45. The van der Waals surface area contributed by atoms with Crippen LogP contribution in [-0.2, 0) is 0 Å². The van der Waals surface area contributed by atoms with Gasteiger partial charge in [0.2, 0.25) is 0 Å². The zero-order valence-corrected chi connectivity index (χ0v) is 11.4. The van der Waals surface area contributed by atoms with Crippen molar-refractivity contribution in [2.45, 2.75) is 66.7 Å². The molecule has 15 heavy (non-hydrogen) atoms. The zero-order valence-electron chi connectivity index (χ0n) is 11.4. The van der Waals surface area contributed by atoms with E-state index in [-0.39, 0.29) is 0 Å². The van der Waals surface area contributed by atoms with Gasteiger partial charge < -0.3 is 0 Å². The minimum absolute atomic E-state index is 0.919. The molecule has 0 aromatic carbocycles. The summed E-state index contributed by atoms with van der Waals surface area (Å²) >= 11 is 0. The smallest absolute Gasteiger partial charge is 0.0380 e. The van der Waals surface area contributed by atoms with Crippen LogP contribution in [0, 0.1) is 29.6 Å². The molecule has 0 radical (unpaired) electrons. The molecular weight excluding hydrogens is 180 g/mol. The van der Waals surface area contributed by atoms with Gasteiger partial charge in [-0.2, -0.15) is 0 Å². The fraction of sp³-hybridized carbons (Fsp3) is 1.00. The first-order valence-corrected chi connectivity index (χ1v) is 7.10. The average Bonchev–Trinajstić information content (AvgIpc) is 2.25. The second-order valence-electron chi connectivity index (χ2n) is 6.00. The fourth-order valence-electron chi connectivity index (χ4n) is 3.18. The molecular formula is C15H30. The maximum atomic E-state index is 2.48. The highest BCUT2D eigenvalue weighted by molar-refractivity contribution is 4.87. The lowest BCUT2D eigenvalue weighted by molar-refractivity contribution is 0.0526.